The molecule has 1 aliphatic heterocycles. The second-order valence-electron chi connectivity index (χ2n) is 5.30. The van der Waals surface area contributed by atoms with Crippen molar-refractivity contribution < 1.29 is 19.6 Å². The van der Waals surface area contributed by atoms with Crippen molar-refractivity contribution in [1.29, 1.82) is 0 Å². The van der Waals surface area contributed by atoms with E-state index in [9.17, 15) is 20.0 Å². The first kappa shape index (κ1) is 17.0. The Labute approximate surface area is 134 Å². The van der Waals surface area contributed by atoms with Crippen molar-refractivity contribution in [2.75, 3.05) is 24.6 Å². The van der Waals surface area contributed by atoms with Crippen LogP contribution in [0, 0.1) is 10.1 Å². The van der Waals surface area contributed by atoms with Gasteiger partial charge in [0.15, 0.2) is 0 Å². The molecule has 0 bridgehead atoms. The molecule has 0 radical (unpaired) electrons. The summed E-state index contributed by atoms with van der Waals surface area (Å²) in [6, 6.07) is 4.81. The number of anilines is 1. The van der Waals surface area contributed by atoms with Crippen molar-refractivity contribution in [3.8, 4) is 0 Å². The smallest absolute Gasteiger partial charge is 0.330 e. The van der Waals surface area contributed by atoms with Gasteiger partial charge in [-0.05, 0) is 38.0 Å². The van der Waals surface area contributed by atoms with Crippen LogP contribution in [0.3, 0.4) is 0 Å². The standard InChI is InChI=1S/C16H20N2O5/c1-2-23-16(20)6-3-12-11-13(4-5-15(12)18(21)22)17-9-7-14(19)8-10-17/h3-6,11,14,19H,2,7-10H2,1H3/b6-3+. The second-order valence-corrected chi connectivity index (χ2v) is 5.30. The molecule has 0 aliphatic carbocycles. The molecule has 0 spiro atoms. The van der Waals surface area contributed by atoms with E-state index in [0.717, 1.165) is 5.69 Å². The molecule has 7 nitrogen and oxygen atoms in total. The molecule has 1 heterocycles. The van der Waals surface area contributed by atoms with Gasteiger partial charge in [0.25, 0.3) is 5.69 Å². The molecular weight excluding hydrogens is 300 g/mol. The molecule has 0 saturated carbocycles. The van der Waals surface area contributed by atoms with Gasteiger partial charge in [-0.3, -0.25) is 10.1 Å². The maximum Gasteiger partial charge on any atom is 0.330 e. The zero-order valence-electron chi connectivity index (χ0n) is 13.0. The Bertz CT molecular complexity index is 606. The number of aliphatic hydroxyl groups is 1. The SMILES string of the molecule is CCOC(=O)/C=C/c1cc(N2CCC(O)CC2)ccc1[N+](=O)[O-]. The summed E-state index contributed by atoms with van der Waals surface area (Å²) in [7, 11) is 0. The summed E-state index contributed by atoms with van der Waals surface area (Å²) >= 11 is 0. The molecule has 0 amide bonds. The van der Waals surface area contributed by atoms with E-state index in [2.05, 4.69) is 4.90 Å². The number of esters is 1. The van der Waals surface area contributed by atoms with Gasteiger partial charge >= 0.3 is 5.97 Å². The molecule has 23 heavy (non-hydrogen) atoms. The van der Waals surface area contributed by atoms with E-state index in [1.165, 1.54) is 18.2 Å². The quantitative estimate of drug-likeness (QED) is 0.387. The lowest BCUT2D eigenvalue weighted by molar-refractivity contribution is -0.385. The highest BCUT2D eigenvalue weighted by Crippen LogP contribution is 2.28. The van der Waals surface area contributed by atoms with Crippen molar-refractivity contribution in [2.45, 2.75) is 25.9 Å². The Balaban J connectivity index is 2.25. The predicted octanol–water partition coefficient (Wildman–Crippen LogP) is 2.13. The first-order chi connectivity index (χ1) is 11.0. The molecule has 0 unspecified atom stereocenters. The number of carbonyl (C=O) groups is 1. The average molecular weight is 320 g/mol. The van der Waals surface area contributed by atoms with E-state index in [-0.39, 0.29) is 18.4 Å². The van der Waals surface area contributed by atoms with E-state index in [1.807, 2.05) is 0 Å². The van der Waals surface area contributed by atoms with Crippen LogP contribution in [0.15, 0.2) is 24.3 Å². The second kappa shape index (κ2) is 7.73. The summed E-state index contributed by atoms with van der Waals surface area (Å²) in [5.74, 6) is -0.534. The van der Waals surface area contributed by atoms with E-state index in [4.69, 9.17) is 4.74 Å². The van der Waals surface area contributed by atoms with Crippen LogP contribution in [0.4, 0.5) is 11.4 Å². The minimum atomic E-state index is -0.534. The normalized spacial score (nSPS) is 15.8. The third-order valence-corrected chi connectivity index (χ3v) is 3.72. The van der Waals surface area contributed by atoms with Crippen molar-refractivity contribution >= 4 is 23.4 Å². The number of aliphatic hydroxyl groups excluding tert-OH is 1. The van der Waals surface area contributed by atoms with Gasteiger partial charge in [-0.1, -0.05) is 0 Å². The third kappa shape index (κ3) is 4.53. The first-order valence-electron chi connectivity index (χ1n) is 7.57. The molecule has 1 aromatic rings. The van der Waals surface area contributed by atoms with Crippen molar-refractivity contribution in [3.63, 3.8) is 0 Å². The number of benzene rings is 1. The largest absolute Gasteiger partial charge is 0.463 e. The fourth-order valence-corrected chi connectivity index (χ4v) is 2.51. The maximum atomic E-state index is 11.4. The fraction of sp³-hybridized carbons (Fsp3) is 0.438. The predicted molar refractivity (Wildman–Crippen MR) is 86.2 cm³/mol. The molecule has 124 valence electrons. The fourth-order valence-electron chi connectivity index (χ4n) is 2.51. The number of hydrogen-bond acceptors (Lipinski definition) is 6. The van der Waals surface area contributed by atoms with Crippen LogP contribution < -0.4 is 4.90 Å². The molecule has 1 N–H and O–H groups in total. The zero-order chi connectivity index (χ0) is 16.8. The number of carbonyl (C=O) groups excluding carboxylic acids is 1. The van der Waals surface area contributed by atoms with Crippen LogP contribution in [0.5, 0.6) is 0 Å². The highest BCUT2D eigenvalue weighted by atomic mass is 16.6. The Kier molecular flexibility index (Phi) is 5.70. The number of rotatable bonds is 5. The molecule has 1 aromatic carbocycles. The maximum absolute atomic E-state index is 11.4. The van der Waals surface area contributed by atoms with Crippen molar-refractivity contribution in [1.82, 2.24) is 0 Å². The highest BCUT2D eigenvalue weighted by Gasteiger charge is 2.20. The van der Waals surface area contributed by atoms with Gasteiger partial charge < -0.3 is 14.7 Å². The van der Waals surface area contributed by atoms with Crippen LogP contribution >= 0.6 is 0 Å². The molecule has 0 atom stereocenters. The molecule has 2 rings (SSSR count). The average Bonchev–Trinajstić information content (AvgIpc) is 2.53. The molecule has 0 aromatic heterocycles. The number of nitro groups is 1. The van der Waals surface area contributed by atoms with Gasteiger partial charge in [0.1, 0.15) is 0 Å². The van der Waals surface area contributed by atoms with Gasteiger partial charge in [0, 0.05) is 30.9 Å². The van der Waals surface area contributed by atoms with Crippen LogP contribution in [-0.2, 0) is 9.53 Å². The van der Waals surface area contributed by atoms with Crippen LogP contribution in [0.2, 0.25) is 0 Å². The minimum absolute atomic E-state index is 0.0636. The van der Waals surface area contributed by atoms with E-state index < -0.39 is 10.9 Å². The number of piperidine rings is 1. The topological polar surface area (TPSA) is 92.9 Å². The van der Waals surface area contributed by atoms with Crippen LogP contribution in [0.25, 0.3) is 6.08 Å². The number of hydrogen-bond donors (Lipinski definition) is 1. The lowest BCUT2D eigenvalue weighted by Gasteiger charge is -2.31. The van der Waals surface area contributed by atoms with Crippen LogP contribution in [0.1, 0.15) is 25.3 Å². The van der Waals surface area contributed by atoms with Crippen LogP contribution in [-0.4, -0.2) is 41.8 Å². The monoisotopic (exact) mass is 320 g/mol. The molecule has 7 heteroatoms. The Morgan fingerprint density at radius 1 is 1.48 bits per heavy atom. The summed E-state index contributed by atoms with van der Waals surface area (Å²) in [4.78, 5) is 24.1. The summed E-state index contributed by atoms with van der Waals surface area (Å²) in [6.45, 7) is 3.33. The number of nitrogens with zero attached hydrogens (tertiary/aromatic N) is 2. The summed E-state index contributed by atoms with van der Waals surface area (Å²) in [6.07, 6.45) is 3.65. The lowest BCUT2D eigenvalue weighted by atomic mass is 10.1. The Morgan fingerprint density at radius 3 is 2.78 bits per heavy atom. The van der Waals surface area contributed by atoms with Gasteiger partial charge in [-0.2, -0.15) is 0 Å². The van der Waals surface area contributed by atoms with E-state index in [0.29, 0.717) is 31.5 Å². The number of ether oxygens (including phenoxy) is 1. The van der Waals surface area contributed by atoms with Gasteiger partial charge in [-0.25, -0.2) is 4.79 Å². The minimum Gasteiger partial charge on any atom is -0.463 e. The molecular formula is C16H20N2O5. The van der Waals surface area contributed by atoms with Gasteiger partial charge in [0.05, 0.1) is 23.2 Å². The number of nitro benzene ring substituents is 1. The van der Waals surface area contributed by atoms with Crippen molar-refractivity contribution in [3.05, 3.63) is 40.0 Å². The molecule has 1 fully saturated rings. The van der Waals surface area contributed by atoms with E-state index >= 15 is 0 Å². The zero-order valence-corrected chi connectivity index (χ0v) is 13.0. The summed E-state index contributed by atoms with van der Waals surface area (Å²) < 4.78 is 4.79. The summed E-state index contributed by atoms with van der Waals surface area (Å²) in [5.41, 5.74) is 1.13. The lowest BCUT2D eigenvalue weighted by Crippen LogP contribution is -2.35. The highest BCUT2D eigenvalue weighted by molar-refractivity contribution is 5.88. The molecule has 1 saturated heterocycles. The van der Waals surface area contributed by atoms with Crippen molar-refractivity contribution in [2.24, 2.45) is 0 Å². The van der Waals surface area contributed by atoms with E-state index in [1.54, 1.807) is 19.1 Å². The summed E-state index contributed by atoms with van der Waals surface area (Å²) in [5, 5.41) is 20.7. The third-order valence-electron chi connectivity index (χ3n) is 3.72. The van der Waals surface area contributed by atoms with Gasteiger partial charge in [-0.15, -0.1) is 0 Å². The Morgan fingerprint density at radius 2 is 2.17 bits per heavy atom. The van der Waals surface area contributed by atoms with Gasteiger partial charge in [0.2, 0.25) is 0 Å². The molecule has 1 aliphatic rings. The first-order valence-corrected chi connectivity index (χ1v) is 7.57. The Hall–Kier alpha value is -2.41.